The molecule has 0 bridgehead atoms. The molecule has 0 saturated heterocycles. The Morgan fingerprint density at radius 2 is 1.46 bits per heavy atom. The number of carbonyl (C=O) groups is 1. The highest BCUT2D eigenvalue weighted by molar-refractivity contribution is 5.80. The van der Waals surface area contributed by atoms with Crippen LogP contribution in [-0.4, -0.2) is 50.6 Å². The number of rotatable bonds is 18. The van der Waals surface area contributed by atoms with Gasteiger partial charge in [-0.25, -0.2) is 0 Å². The first kappa shape index (κ1) is 23.4. The van der Waals surface area contributed by atoms with Crippen LogP contribution < -0.4 is 5.32 Å². The minimum Gasteiger partial charge on any atom is -0.381 e. The van der Waals surface area contributed by atoms with Crippen LogP contribution in [-0.2, 0) is 14.3 Å². The highest BCUT2D eigenvalue weighted by Gasteiger charge is 2.13. The molecule has 144 valence electrons. The van der Waals surface area contributed by atoms with Gasteiger partial charge in [-0.15, -0.1) is 0 Å². The molecule has 5 nitrogen and oxygen atoms in total. The minimum atomic E-state index is -1.08. The van der Waals surface area contributed by atoms with Gasteiger partial charge in [-0.1, -0.05) is 64.7 Å². The van der Waals surface area contributed by atoms with Crippen molar-refractivity contribution in [2.45, 2.75) is 83.7 Å². The molecule has 0 aliphatic heterocycles. The van der Waals surface area contributed by atoms with Crippen molar-refractivity contribution in [3.05, 3.63) is 0 Å². The Morgan fingerprint density at radius 1 is 0.917 bits per heavy atom. The lowest BCUT2D eigenvalue weighted by atomic mass is 10.1. The van der Waals surface area contributed by atoms with Gasteiger partial charge in [0.2, 0.25) is 0 Å². The summed E-state index contributed by atoms with van der Waals surface area (Å²) in [5, 5.41) is 12.0. The minimum absolute atomic E-state index is 0.0288. The average molecular weight is 346 g/mol. The van der Waals surface area contributed by atoms with Crippen LogP contribution in [0.5, 0.6) is 0 Å². The summed E-state index contributed by atoms with van der Waals surface area (Å²) < 4.78 is 10.3. The number of ether oxygens (including phenoxy) is 2. The van der Waals surface area contributed by atoms with E-state index in [0.717, 1.165) is 19.4 Å². The Kier molecular flexibility index (Phi) is 18.2. The topological polar surface area (TPSA) is 67.8 Å². The molecule has 0 aromatic rings. The zero-order valence-corrected chi connectivity index (χ0v) is 15.9. The van der Waals surface area contributed by atoms with Gasteiger partial charge in [0.25, 0.3) is 5.91 Å². The van der Waals surface area contributed by atoms with E-state index >= 15 is 0 Å². The van der Waals surface area contributed by atoms with E-state index in [1.165, 1.54) is 64.9 Å². The van der Waals surface area contributed by atoms with Crippen molar-refractivity contribution in [3.8, 4) is 0 Å². The molecule has 1 unspecified atom stereocenters. The lowest BCUT2D eigenvalue weighted by Gasteiger charge is -2.10. The second-order valence-electron chi connectivity index (χ2n) is 6.41. The number of amides is 1. The molecule has 0 spiro atoms. The smallest absolute Gasteiger partial charge is 0.251 e. The largest absolute Gasteiger partial charge is 0.381 e. The third kappa shape index (κ3) is 16.2. The van der Waals surface area contributed by atoms with Crippen LogP contribution >= 0.6 is 0 Å². The molecule has 0 aliphatic carbocycles. The molecule has 1 amide bonds. The van der Waals surface area contributed by atoms with Gasteiger partial charge in [0.1, 0.15) is 0 Å². The number of hydrogen-bond donors (Lipinski definition) is 2. The fourth-order valence-electron chi connectivity index (χ4n) is 2.53. The molecule has 2 N–H and O–H groups in total. The Hall–Kier alpha value is -0.650. The normalized spacial score (nSPS) is 12.3. The van der Waals surface area contributed by atoms with Crippen molar-refractivity contribution in [3.63, 3.8) is 0 Å². The number of unbranched alkanes of at least 4 members (excludes halogenated alkanes) is 9. The highest BCUT2D eigenvalue weighted by Crippen LogP contribution is 2.10. The number of hydrogen-bond acceptors (Lipinski definition) is 4. The number of aliphatic hydroxyl groups excluding tert-OH is 1. The first-order valence-corrected chi connectivity index (χ1v) is 9.74. The summed E-state index contributed by atoms with van der Waals surface area (Å²) in [6.07, 6.45) is 13.0. The van der Waals surface area contributed by atoms with Crippen LogP contribution in [0, 0.1) is 0 Å². The highest BCUT2D eigenvalue weighted by atomic mass is 16.5. The van der Waals surface area contributed by atoms with E-state index in [9.17, 15) is 9.90 Å². The molecule has 0 aliphatic rings. The standard InChI is InChI=1S/C19H39NO4/c1-3-4-5-6-7-8-9-10-11-12-15-24-16-13-14-20-19(22)18(21)17-23-2/h18,21H,3-17H2,1-2H3,(H,20,22). The third-order valence-electron chi connectivity index (χ3n) is 4.03. The summed E-state index contributed by atoms with van der Waals surface area (Å²) in [6, 6.07) is 0. The molecule has 5 heteroatoms. The van der Waals surface area contributed by atoms with E-state index < -0.39 is 6.10 Å². The predicted molar refractivity (Wildman–Crippen MR) is 98.2 cm³/mol. The number of nitrogens with one attached hydrogen (secondary N) is 1. The van der Waals surface area contributed by atoms with Gasteiger partial charge in [-0.2, -0.15) is 0 Å². The zero-order valence-electron chi connectivity index (χ0n) is 15.9. The third-order valence-corrected chi connectivity index (χ3v) is 4.03. The van der Waals surface area contributed by atoms with E-state index in [2.05, 4.69) is 12.2 Å². The molecule has 1 atom stereocenters. The lowest BCUT2D eigenvalue weighted by molar-refractivity contribution is -0.131. The van der Waals surface area contributed by atoms with Crippen molar-refractivity contribution >= 4 is 5.91 Å². The average Bonchev–Trinajstić information content (AvgIpc) is 2.58. The van der Waals surface area contributed by atoms with Crippen molar-refractivity contribution in [1.29, 1.82) is 0 Å². The fourth-order valence-corrected chi connectivity index (χ4v) is 2.53. The van der Waals surface area contributed by atoms with Crippen LogP contribution in [0.25, 0.3) is 0 Å². The Labute approximate surface area is 148 Å². The van der Waals surface area contributed by atoms with Gasteiger partial charge in [0.15, 0.2) is 6.10 Å². The van der Waals surface area contributed by atoms with Gasteiger partial charge in [-0.05, 0) is 12.8 Å². The van der Waals surface area contributed by atoms with E-state index in [1.54, 1.807) is 0 Å². The summed E-state index contributed by atoms with van der Waals surface area (Å²) in [6.45, 7) is 4.26. The lowest BCUT2D eigenvalue weighted by Crippen LogP contribution is -2.37. The Morgan fingerprint density at radius 3 is 2.04 bits per heavy atom. The predicted octanol–water partition coefficient (Wildman–Crippen LogP) is 3.44. The zero-order chi connectivity index (χ0) is 17.9. The van der Waals surface area contributed by atoms with E-state index in [4.69, 9.17) is 9.47 Å². The summed E-state index contributed by atoms with van der Waals surface area (Å²) >= 11 is 0. The summed E-state index contributed by atoms with van der Waals surface area (Å²) in [5.41, 5.74) is 0. The summed E-state index contributed by atoms with van der Waals surface area (Å²) in [4.78, 5) is 11.4. The van der Waals surface area contributed by atoms with Crippen LogP contribution in [0.4, 0.5) is 0 Å². The van der Waals surface area contributed by atoms with Crippen molar-refractivity contribution in [2.75, 3.05) is 33.5 Å². The number of carbonyl (C=O) groups excluding carboxylic acids is 1. The first-order chi connectivity index (χ1) is 11.7. The van der Waals surface area contributed by atoms with E-state index in [-0.39, 0.29) is 12.5 Å². The van der Waals surface area contributed by atoms with Crippen molar-refractivity contribution < 1.29 is 19.4 Å². The van der Waals surface area contributed by atoms with E-state index in [1.807, 2.05) is 0 Å². The van der Waals surface area contributed by atoms with Gasteiger partial charge in [0.05, 0.1) is 6.61 Å². The SMILES string of the molecule is CCCCCCCCCCCCOCCCNC(=O)C(O)COC. The van der Waals surface area contributed by atoms with Crippen LogP contribution in [0.15, 0.2) is 0 Å². The molecule has 0 fully saturated rings. The fraction of sp³-hybridized carbons (Fsp3) is 0.947. The molecule has 0 rings (SSSR count). The van der Waals surface area contributed by atoms with Crippen molar-refractivity contribution in [2.24, 2.45) is 0 Å². The maximum Gasteiger partial charge on any atom is 0.251 e. The number of aliphatic hydroxyl groups is 1. The molecular weight excluding hydrogens is 306 g/mol. The van der Waals surface area contributed by atoms with Gasteiger partial charge in [0, 0.05) is 26.9 Å². The summed E-state index contributed by atoms with van der Waals surface area (Å²) in [5.74, 6) is -0.383. The second kappa shape index (κ2) is 18.7. The van der Waals surface area contributed by atoms with Crippen molar-refractivity contribution in [1.82, 2.24) is 5.32 Å². The molecule has 0 aromatic carbocycles. The first-order valence-electron chi connectivity index (χ1n) is 9.74. The molecule has 24 heavy (non-hydrogen) atoms. The van der Waals surface area contributed by atoms with Crippen LogP contribution in [0.3, 0.4) is 0 Å². The molecular formula is C19H39NO4. The number of methoxy groups -OCH3 is 1. The second-order valence-corrected chi connectivity index (χ2v) is 6.41. The Bertz CT molecular complexity index is 274. The van der Waals surface area contributed by atoms with Gasteiger partial charge in [-0.3, -0.25) is 4.79 Å². The van der Waals surface area contributed by atoms with E-state index in [0.29, 0.717) is 13.2 Å². The molecule has 0 aromatic heterocycles. The maximum absolute atomic E-state index is 11.4. The maximum atomic E-state index is 11.4. The summed E-state index contributed by atoms with van der Waals surface area (Å²) in [7, 11) is 1.46. The monoisotopic (exact) mass is 345 g/mol. The molecule has 0 radical (unpaired) electrons. The Balaban J connectivity index is 3.14. The van der Waals surface area contributed by atoms with Crippen LogP contribution in [0.1, 0.15) is 77.6 Å². The quantitative estimate of drug-likeness (QED) is 0.373. The van der Waals surface area contributed by atoms with Crippen LogP contribution in [0.2, 0.25) is 0 Å². The van der Waals surface area contributed by atoms with Gasteiger partial charge >= 0.3 is 0 Å². The van der Waals surface area contributed by atoms with Gasteiger partial charge < -0.3 is 19.9 Å². The molecule has 0 saturated carbocycles. The molecule has 0 heterocycles.